The van der Waals surface area contributed by atoms with Crippen LogP contribution in [0.5, 0.6) is 11.5 Å². The van der Waals surface area contributed by atoms with Crippen molar-refractivity contribution in [1.29, 1.82) is 0 Å². The number of halogens is 1. The van der Waals surface area contributed by atoms with E-state index in [0.717, 1.165) is 29.3 Å². The minimum atomic E-state index is 0.659. The number of nitrogens with zero attached hydrogens (tertiary/aromatic N) is 1. The highest BCUT2D eigenvalue weighted by atomic mass is 35.5. The summed E-state index contributed by atoms with van der Waals surface area (Å²) in [5.74, 6) is 1.50. The summed E-state index contributed by atoms with van der Waals surface area (Å²) in [4.78, 5) is 4.20. The van der Waals surface area contributed by atoms with Crippen molar-refractivity contribution in [2.75, 3.05) is 7.05 Å². The molecule has 3 nitrogen and oxygen atoms in total. The molecule has 94 valence electrons. The van der Waals surface area contributed by atoms with Crippen LogP contribution in [0.2, 0.25) is 5.02 Å². The molecule has 0 spiro atoms. The van der Waals surface area contributed by atoms with E-state index in [0.29, 0.717) is 5.02 Å². The number of hydrogen-bond donors (Lipinski definition) is 1. The molecule has 4 heteroatoms. The average molecular weight is 263 g/mol. The van der Waals surface area contributed by atoms with Gasteiger partial charge in [0.25, 0.3) is 0 Å². The smallest absolute Gasteiger partial charge is 0.148 e. The third kappa shape index (κ3) is 3.00. The normalized spacial score (nSPS) is 10.4. The van der Waals surface area contributed by atoms with E-state index in [1.54, 1.807) is 6.20 Å². The SMILES string of the molecule is CNCc1ccc(Cl)cc1Oc1cccnc1C. The van der Waals surface area contributed by atoms with Gasteiger partial charge in [0.2, 0.25) is 0 Å². The zero-order valence-electron chi connectivity index (χ0n) is 10.4. The van der Waals surface area contributed by atoms with E-state index in [1.807, 2.05) is 44.3 Å². The summed E-state index contributed by atoms with van der Waals surface area (Å²) in [6, 6.07) is 9.38. The van der Waals surface area contributed by atoms with Crippen LogP contribution in [0.1, 0.15) is 11.3 Å². The number of benzene rings is 1. The van der Waals surface area contributed by atoms with Crippen LogP contribution >= 0.6 is 11.6 Å². The summed E-state index contributed by atoms with van der Waals surface area (Å²) >= 11 is 6.01. The highest BCUT2D eigenvalue weighted by Gasteiger charge is 2.07. The number of rotatable bonds is 4. The zero-order chi connectivity index (χ0) is 13.0. The van der Waals surface area contributed by atoms with E-state index in [1.165, 1.54) is 0 Å². The van der Waals surface area contributed by atoms with E-state index in [2.05, 4.69) is 10.3 Å². The molecule has 1 aromatic heterocycles. The topological polar surface area (TPSA) is 34.1 Å². The Morgan fingerprint density at radius 1 is 1.28 bits per heavy atom. The lowest BCUT2D eigenvalue weighted by molar-refractivity contribution is 0.468. The van der Waals surface area contributed by atoms with Gasteiger partial charge in [-0.25, -0.2) is 0 Å². The average Bonchev–Trinajstić information content (AvgIpc) is 2.36. The Balaban J connectivity index is 2.33. The van der Waals surface area contributed by atoms with Gasteiger partial charge in [-0.1, -0.05) is 17.7 Å². The summed E-state index contributed by atoms with van der Waals surface area (Å²) in [7, 11) is 1.90. The van der Waals surface area contributed by atoms with Crippen LogP contribution in [0, 0.1) is 6.92 Å². The fourth-order valence-corrected chi connectivity index (χ4v) is 1.82. The Morgan fingerprint density at radius 3 is 2.83 bits per heavy atom. The number of hydrogen-bond acceptors (Lipinski definition) is 3. The van der Waals surface area contributed by atoms with E-state index in [9.17, 15) is 0 Å². The van der Waals surface area contributed by atoms with Gasteiger partial charge in [-0.3, -0.25) is 4.98 Å². The lowest BCUT2D eigenvalue weighted by Gasteiger charge is -2.12. The van der Waals surface area contributed by atoms with Gasteiger partial charge in [0.1, 0.15) is 11.5 Å². The lowest BCUT2D eigenvalue weighted by Crippen LogP contribution is -2.06. The fraction of sp³-hybridized carbons (Fsp3) is 0.214. The van der Waals surface area contributed by atoms with Gasteiger partial charge < -0.3 is 10.1 Å². The number of pyridine rings is 1. The summed E-state index contributed by atoms with van der Waals surface area (Å²) in [5, 5.41) is 3.76. The Kier molecular flexibility index (Phi) is 4.18. The molecule has 2 aromatic rings. The molecule has 18 heavy (non-hydrogen) atoms. The predicted molar refractivity (Wildman–Crippen MR) is 73.3 cm³/mol. The first kappa shape index (κ1) is 12.9. The molecule has 2 rings (SSSR count). The van der Waals surface area contributed by atoms with Gasteiger partial charge in [0.15, 0.2) is 0 Å². The van der Waals surface area contributed by atoms with Gasteiger partial charge >= 0.3 is 0 Å². The Morgan fingerprint density at radius 2 is 2.11 bits per heavy atom. The van der Waals surface area contributed by atoms with Crippen molar-refractivity contribution in [3.8, 4) is 11.5 Å². The zero-order valence-corrected chi connectivity index (χ0v) is 11.2. The van der Waals surface area contributed by atoms with E-state index in [-0.39, 0.29) is 0 Å². The lowest BCUT2D eigenvalue weighted by atomic mass is 10.2. The van der Waals surface area contributed by atoms with E-state index < -0.39 is 0 Å². The van der Waals surface area contributed by atoms with Gasteiger partial charge in [-0.05, 0) is 38.2 Å². The molecule has 1 N–H and O–H groups in total. The van der Waals surface area contributed by atoms with E-state index >= 15 is 0 Å². The Bertz CT molecular complexity index is 543. The molecule has 0 saturated carbocycles. The molecule has 0 atom stereocenters. The van der Waals surface area contributed by atoms with Crippen molar-refractivity contribution in [3.63, 3.8) is 0 Å². The van der Waals surface area contributed by atoms with Crippen molar-refractivity contribution in [1.82, 2.24) is 10.3 Å². The monoisotopic (exact) mass is 262 g/mol. The molecule has 0 aliphatic carbocycles. The number of nitrogens with one attached hydrogen (secondary N) is 1. The van der Waals surface area contributed by atoms with Gasteiger partial charge in [0.05, 0.1) is 5.69 Å². The second-order valence-corrected chi connectivity index (χ2v) is 4.41. The number of aromatic nitrogens is 1. The highest BCUT2D eigenvalue weighted by Crippen LogP contribution is 2.29. The van der Waals surface area contributed by atoms with Crippen molar-refractivity contribution >= 4 is 11.6 Å². The molecule has 0 saturated heterocycles. The van der Waals surface area contributed by atoms with Crippen LogP contribution in [-0.4, -0.2) is 12.0 Å². The molecule has 1 heterocycles. The number of ether oxygens (including phenoxy) is 1. The minimum Gasteiger partial charge on any atom is -0.455 e. The summed E-state index contributed by atoms with van der Waals surface area (Å²) in [5.41, 5.74) is 1.91. The van der Waals surface area contributed by atoms with Crippen LogP contribution in [0.25, 0.3) is 0 Å². The standard InChI is InChI=1S/C14H15ClN2O/c1-10-13(4-3-7-17-10)18-14-8-12(15)6-5-11(14)9-16-2/h3-8,16H,9H2,1-2H3. The Labute approximate surface area is 112 Å². The quantitative estimate of drug-likeness (QED) is 0.915. The van der Waals surface area contributed by atoms with Crippen molar-refractivity contribution in [3.05, 3.63) is 52.8 Å². The third-order valence-corrected chi connectivity index (χ3v) is 2.81. The van der Waals surface area contributed by atoms with Crippen LogP contribution in [0.4, 0.5) is 0 Å². The molecular formula is C14H15ClN2O. The van der Waals surface area contributed by atoms with Crippen molar-refractivity contribution < 1.29 is 4.74 Å². The molecule has 0 fully saturated rings. The highest BCUT2D eigenvalue weighted by molar-refractivity contribution is 6.30. The molecular weight excluding hydrogens is 248 g/mol. The van der Waals surface area contributed by atoms with E-state index in [4.69, 9.17) is 16.3 Å². The molecule has 0 radical (unpaired) electrons. The fourth-order valence-electron chi connectivity index (χ4n) is 1.66. The predicted octanol–water partition coefficient (Wildman–Crippen LogP) is 3.56. The van der Waals surface area contributed by atoms with Crippen LogP contribution < -0.4 is 10.1 Å². The molecule has 0 aliphatic rings. The first-order chi connectivity index (χ1) is 8.70. The van der Waals surface area contributed by atoms with Crippen LogP contribution in [0.15, 0.2) is 36.5 Å². The van der Waals surface area contributed by atoms with Gasteiger partial charge in [0, 0.05) is 23.3 Å². The molecule has 0 amide bonds. The molecule has 1 aromatic carbocycles. The maximum absolute atomic E-state index is 6.01. The second-order valence-electron chi connectivity index (χ2n) is 3.97. The van der Waals surface area contributed by atoms with Crippen LogP contribution in [-0.2, 0) is 6.54 Å². The largest absolute Gasteiger partial charge is 0.455 e. The molecule has 0 bridgehead atoms. The summed E-state index contributed by atoms with van der Waals surface area (Å²) in [6.07, 6.45) is 1.74. The van der Waals surface area contributed by atoms with Crippen LogP contribution in [0.3, 0.4) is 0 Å². The molecule has 0 unspecified atom stereocenters. The van der Waals surface area contributed by atoms with Gasteiger partial charge in [-0.2, -0.15) is 0 Å². The summed E-state index contributed by atoms with van der Waals surface area (Å²) in [6.45, 7) is 2.64. The third-order valence-electron chi connectivity index (χ3n) is 2.57. The molecule has 0 aliphatic heterocycles. The first-order valence-electron chi connectivity index (χ1n) is 5.73. The maximum Gasteiger partial charge on any atom is 0.148 e. The maximum atomic E-state index is 6.01. The van der Waals surface area contributed by atoms with Gasteiger partial charge in [-0.15, -0.1) is 0 Å². The summed E-state index contributed by atoms with van der Waals surface area (Å²) < 4.78 is 5.89. The minimum absolute atomic E-state index is 0.659. The second kappa shape index (κ2) is 5.85. The van der Waals surface area contributed by atoms with Crippen molar-refractivity contribution in [2.24, 2.45) is 0 Å². The Hall–Kier alpha value is -1.58. The first-order valence-corrected chi connectivity index (χ1v) is 6.11. The van der Waals surface area contributed by atoms with Crippen molar-refractivity contribution in [2.45, 2.75) is 13.5 Å². The number of aryl methyl sites for hydroxylation is 1.